The first-order chi connectivity index (χ1) is 12.4. The predicted molar refractivity (Wildman–Crippen MR) is 93.0 cm³/mol. The zero-order valence-electron chi connectivity index (χ0n) is 14.2. The number of pyridine rings is 1. The van der Waals surface area contributed by atoms with E-state index in [4.69, 9.17) is 0 Å². The van der Waals surface area contributed by atoms with Crippen molar-refractivity contribution in [3.05, 3.63) is 59.8 Å². The van der Waals surface area contributed by atoms with Crippen LogP contribution >= 0.6 is 0 Å². The summed E-state index contributed by atoms with van der Waals surface area (Å²) in [4.78, 5) is 18.7. The smallest absolute Gasteiger partial charge is 0.357 e. The van der Waals surface area contributed by atoms with Gasteiger partial charge in [-0.2, -0.15) is 13.2 Å². The number of nitrogens with one attached hydrogen (secondary N) is 1. The summed E-state index contributed by atoms with van der Waals surface area (Å²) in [6.45, 7) is 2.27. The van der Waals surface area contributed by atoms with Crippen molar-refractivity contribution >= 4 is 11.7 Å². The minimum atomic E-state index is -4.39. The molecule has 0 spiro atoms. The molecule has 0 radical (unpaired) electrons. The molecule has 1 aromatic carbocycles. The number of rotatable bonds is 4. The van der Waals surface area contributed by atoms with E-state index in [2.05, 4.69) is 15.2 Å². The third-order valence-electron chi connectivity index (χ3n) is 4.61. The summed E-state index contributed by atoms with van der Waals surface area (Å²) in [6.07, 6.45) is -0.754. The molecule has 1 aliphatic rings. The summed E-state index contributed by atoms with van der Waals surface area (Å²) >= 11 is 0. The maximum Gasteiger partial charge on any atom is 0.416 e. The molecular formula is C19H20F3N3O. The second-order valence-electron chi connectivity index (χ2n) is 6.40. The van der Waals surface area contributed by atoms with Crippen LogP contribution < -0.4 is 10.2 Å². The lowest BCUT2D eigenvalue weighted by molar-refractivity contribution is -0.137. The second-order valence-corrected chi connectivity index (χ2v) is 6.40. The van der Waals surface area contributed by atoms with Crippen LogP contribution in [0.15, 0.2) is 48.7 Å². The molecule has 1 saturated heterocycles. The highest BCUT2D eigenvalue weighted by molar-refractivity contribution is 5.94. The number of hydrogen-bond donors (Lipinski definition) is 1. The third kappa shape index (κ3) is 4.53. The van der Waals surface area contributed by atoms with Gasteiger partial charge in [0.25, 0.3) is 5.91 Å². The molecule has 2 aromatic rings. The first-order valence-corrected chi connectivity index (χ1v) is 8.55. The van der Waals surface area contributed by atoms with Crippen LogP contribution in [-0.4, -0.2) is 30.5 Å². The maximum atomic E-state index is 12.6. The van der Waals surface area contributed by atoms with Gasteiger partial charge in [0, 0.05) is 31.4 Å². The van der Waals surface area contributed by atoms with E-state index in [1.807, 2.05) is 18.2 Å². The molecule has 2 heterocycles. The minimum absolute atomic E-state index is 0.240. The summed E-state index contributed by atoms with van der Waals surface area (Å²) in [7, 11) is 0. The van der Waals surface area contributed by atoms with Crippen molar-refractivity contribution in [1.82, 2.24) is 10.3 Å². The quantitative estimate of drug-likeness (QED) is 0.900. The molecule has 3 rings (SSSR count). The molecule has 4 nitrogen and oxygen atoms in total. The van der Waals surface area contributed by atoms with Gasteiger partial charge in [0.05, 0.1) is 5.56 Å². The Kier molecular flexibility index (Phi) is 5.44. The average molecular weight is 363 g/mol. The van der Waals surface area contributed by atoms with Gasteiger partial charge in [0.15, 0.2) is 0 Å². The van der Waals surface area contributed by atoms with Crippen LogP contribution in [0, 0.1) is 5.92 Å². The van der Waals surface area contributed by atoms with E-state index in [1.165, 1.54) is 12.1 Å². The Hall–Kier alpha value is -2.57. The summed E-state index contributed by atoms with van der Waals surface area (Å²) in [6, 6.07) is 10.1. The molecule has 1 N–H and O–H groups in total. The number of benzene rings is 1. The van der Waals surface area contributed by atoms with Crippen LogP contribution in [0.1, 0.15) is 28.8 Å². The van der Waals surface area contributed by atoms with Crippen LogP contribution in [0.25, 0.3) is 0 Å². The number of piperidine rings is 1. The van der Waals surface area contributed by atoms with Crippen LogP contribution in [0.4, 0.5) is 19.0 Å². The van der Waals surface area contributed by atoms with Crippen molar-refractivity contribution in [1.29, 1.82) is 0 Å². The Morgan fingerprint density at radius 3 is 2.38 bits per heavy atom. The van der Waals surface area contributed by atoms with E-state index in [1.54, 1.807) is 6.20 Å². The minimum Gasteiger partial charge on any atom is -0.357 e. The number of carbonyl (C=O) groups excluding carboxylic acids is 1. The lowest BCUT2D eigenvalue weighted by Crippen LogP contribution is -2.39. The third-order valence-corrected chi connectivity index (χ3v) is 4.61. The summed E-state index contributed by atoms with van der Waals surface area (Å²) in [5.41, 5.74) is -0.514. The first-order valence-electron chi connectivity index (χ1n) is 8.55. The number of carbonyl (C=O) groups is 1. The van der Waals surface area contributed by atoms with Crippen molar-refractivity contribution in [3.8, 4) is 0 Å². The first kappa shape index (κ1) is 18.2. The van der Waals surface area contributed by atoms with E-state index in [-0.39, 0.29) is 11.5 Å². The van der Waals surface area contributed by atoms with E-state index < -0.39 is 11.7 Å². The standard InChI is InChI=1S/C19H20F3N3O/c20-19(21,22)16-6-4-15(5-7-16)18(26)24-13-14-8-11-25(12-9-14)17-3-1-2-10-23-17/h1-7,10,14H,8-9,11-13H2,(H,24,26). The van der Waals surface area contributed by atoms with Crippen molar-refractivity contribution in [2.24, 2.45) is 5.92 Å². The zero-order chi connectivity index (χ0) is 18.6. The second kappa shape index (κ2) is 7.76. The van der Waals surface area contributed by atoms with Crippen LogP contribution in [0.5, 0.6) is 0 Å². The molecular weight excluding hydrogens is 343 g/mol. The SMILES string of the molecule is O=C(NCC1CCN(c2ccccn2)CC1)c1ccc(C(F)(F)F)cc1. The van der Waals surface area contributed by atoms with Gasteiger partial charge in [-0.1, -0.05) is 6.07 Å². The molecule has 7 heteroatoms. The van der Waals surface area contributed by atoms with Crippen LogP contribution in [0.2, 0.25) is 0 Å². The monoisotopic (exact) mass is 363 g/mol. The number of nitrogens with zero attached hydrogens (tertiary/aromatic N) is 2. The fourth-order valence-electron chi connectivity index (χ4n) is 3.06. The van der Waals surface area contributed by atoms with E-state index in [0.29, 0.717) is 12.5 Å². The highest BCUT2D eigenvalue weighted by atomic mass is 19.4. The molecule has 1 fully saturated rings. The number of halogens is 3. The van der Waals surface area contributed by atoms with E-state index in [0.717, 1.165) is 43.9 Å². The summed E-state index contributed by atoms with van der Waals surface area (Å²) in [5.74, 6) is 0.971. The molecule has 1 amide bonds. The lowest BCUT2D eigenvalue weighted by Gasteiger charge is -2.32. The fourth-order valence-corrected chi connectivity index (χ4v) is 3.06. The number of hydrogen-bond acceptors (Lipinski definition) is 3. The van der Waals surface area contributed by atoms with Gasteiger partial charge >= 0.3 is 6.18 Å². The molecule has 0 unspecified atom stereocenters. The Balaban J connectivity index is 1.47. The molecule has 0 saturated carbocycles. The van der Waals surface area contributed by atoms with Crippen molar-refractivity contribution < 1.29 is 18.0 Å². The number of amides is 1. The Morgan fingerprint density at radius 2 is 1.81 bits per heavy atom. The van der Waals surface area contributed by atoms with Gasteiger partial charge in [-0.05, 0) is 55.2 Å². The predicted octanol–water partition coefficient (Wildman–Crippen LogP) is 3.75. The Labute approximate surface area is 150 Å². The van der Waals surface area contributed by atoms with Crippen LogP contribution in [-0.2, 0) is 6.18 Å². The van der Waals surface area contributed by atoms with E-state index >= 15 is 0 Å². The van der Waals surface area contributed by atoms with Gasteiger partial charge in [0.2, 0.25) is 0 Å². The van der Waals surface area contributed by atoms with Crippen LogP contribution in [0.3, 0.4) is 0 Å². The van der Waals surface area contributed by atoms with Gasteiger partial charge < -0.3 is 10.2 Å². The molecule has 26 heavy (non-hydrogen) atoms. The molecule has 0 atom stereocenters. The normalized spacial score (nSPS) is 15.7. The Morgan fingerprint density at radius 1 is 1.12 bits per heavy atom. The topological polar surface area (TPSA) is 45.2 Å². The molecule has 138 valence electrons. The highest BCUT2D eigenvalue weighted by Crippen LogP contribution is 2.29. The number of anilines is 1. The van der Waals surface area contributed by atoms with Gasteiger partial charge in [0.1, 0.15) is 5.82 Å². The van der Waals surface area contributed by atoms with Crippen molar-refractivity contribution in [3.63, 3.8) is 0 Å². The van der Waals surface area contributed by atoms with E-state index in [9.17, 15) is 18.0 Å². The fraction of sp³-hybridized carbons (Fsp3) is 0.368. The summed E-state index contributed by atoms with van der Waals surface area (Å²) < 4.78 is 37.7. The van der Waals surface area contributed by atoms with Crippen molar-refractivity contribution in [2.45, 2.75) is 19.0 Å². The van der Waals surface area contributed by atoms with Crippen molar-refractivity contribution in [2.75, 3.05) is 24.5 Å². The highest BCUT2D eigenvalue weighted by Gasteiger charge is 2.30. The Bertz CT molecular complexity index is 724. The molecule has 0 bridgehead atoms. The largest absolute Gasteiger partial charge is 0.416 e. The average Bonchev–Trinajstić information content (AvgIpc) is 2.66. The molecule has 0 aliphatic carbocycles. The van der Waals surface area contributed by atoms with Gasteiger partial charge in [-0.3, -0.25) is 4.79 Å². The number of alkyl halides is 3. The molecule has 1 aliphatic heterocycles. The number of aromatic nitrogens is 1. The van der Waals surface area contributed by atoms with Gasteiger partial charge in [-0.25, -0.2) is 4.98 Å². The van der Waals surface area contributed by atoms with Gasteiger partial charge in [-0.15, -0.1) is 0 Å². The maximum absolute atomic E-state index is 12.6. The zero-order valence-corrected chi connectivity index (χ0v) is 14.2. The lowest BCUT2D eigenvalue weighted by atomic mass is 9.96. The molecule has 1 aromatic heterocycles. The summed E-state index contributed by atoms with van der Waals surface area (Å²) in [5, 5.41) is 2.83.